The molecule has 0 aromatic heterocycles. The fourth-order valence-electron chi connectivity index (χ4n) is 3.97. The van der Waals surface area contributed by atoms with E-state index in [1.807, 2.05) is 0 Å². The van der Waals surface area contributed by atoms with E-state index < -0.39 is 21.8 Å². The van der Waals surface area contributed by atoms with Gasteiger partial charge in [0, 0.05) is 19.1 Å². The maximum absolute atomic E-state index is 12.8. The molecule has 1 saturated carbocycles. The van der Waals surface area contributed by atoms with Gasteiger partial charge in [-0.1, -0.05) is 6.92 Å². The number of hydrogen-bond donors (Lipinski definition) is 1. The van der Waals surface area contributed by atoms with E-state index in [2.05, 4.69) is 12.2 Å². The molecule has 1 aromatic carbocycles. The fourth-order valence-corrected chi connectivity index (χ4v) is 5.50. The van der Waals surface area contributed by atoms with Crippen LogP contribution in [-0.4, -0.2) is 38.4 Å². The van der Waals surface area contributed by atoms with E-state index in [0.29, 0.717) is 25.0 Å². The highest BCUT2D eigenvalue weighted by Crippen LogP contribution is 2.40. The molecule has 8 heteroatoms. The Kier molecular flexibility index (Phi) is 5.14. The number of halogens is 3. The van der Waals surface area contributed by atoms with E-state index in [4.69, 9.17) is 0 Å². The zero-order valence-corrected chi connectivity index (χ0v) is 14.9. The fraction of sp³-hybridized carbons (Fsp3) is 0.647. The Morgan fingerprint density at radius 2 is 1.84 bits per heavy atom. The smallest absolute Gasteiger partial charge is 0.314 e. The van der Waals surface area contributed by atoms with Crippen molar-refractivity contribution in [3.05, 3.63) is 29.8 Å². The van der Waals surface area contributed by atoms with Crippen LogP contribution in [0.15, 0.2) is 29.2 Å². The largest absolute Gasteiger partial charge is 0.416 e. The van der Waals surface area contributed by atoms with Gasteiger partial charge in [0.1, 0.15) is 0 Å². The molecule has 3 rings (SSSR count). The van der Waals surface area contributed by atoms with E-state index >= 15 is 0 Å². The van der Waals surface area contributed by atoms with Crippen molar-refractivity contribution in [3.63, 3.8) is 0 Å². The van der Waals surface area contributed by atoms with Crippen molar-refractivity contribution in [2.24, 2.45) is 11.8 Å². The lowest BCUT2D eigenvalue weighted by molar-refractivity contribution is -0.137. The van der Waals surface area contributed by atoms with Crippen molar-refractivity contribution in [1.29, 1.82) is 0 Å². The number of rotatable bonds is 5. The molecule has 1 aliphatic carbocycles. The molecule has 1 saturated heterocycles. The van der Waals surface area contributed by atoms with Crippen LogP contribution in [0.25, 0.3) is 0 Å². The molecule has 0 radical (unpaired) electrons. The van der Waals surface area contributed by atoms with E-state index in [1.54, 1.807) is 0 Å². The molecule has 0 amide bonds. The van der Waals surface area contributed by atoms with Gasteiger partial charge in [-0.3, -0.25) is 0 Å². The summed E-state index contributed by atoms with van der Waals surface area (Å²) in [5.74, 6) is 0.620. The summed E-state index contributed by atoms with van der Waals surface area (Å²) in [4.78, 5) is -0.0708. The van der Waals surface area contributed by atoms with Gasteiger partial charge in [0.05, 0.1) is 10.5 Å². The van der Waals surface area contributed by atoms with E-state index in [9.17, 15) is 21.6 Å². The summed E-state index contributed by atoms with van der Waals surface area (Å²) in [5.41, 5.74) is -0.839. The van der Waals surface area contributed by atoms with Crippen molar-refractivity contribution in [2.45, 2.75) is 43.3 Å². The Labute approximate surface area is 146 Å². The third-order valence-corrected chi connectivity index (χ3v) is 7.15. The van der Waals surface area contributed by atoms with Gasteiger partial charge in [0.2, 0.25) is 10.0 Å². The molecular weight excluding hydrogens is 353 g/mol. The first-order chi connectivity index (χ1) is 11.7. The normalized spacial score (nSPS) is 27.6. The second-order valence-electron chi connectivity index (χ2n) is 6.91. The molecule has 1 heterocycles. The van der Waals surface area contributed by atoms with Gasteiger partial charge in [-0.15, -0.1) is 0 Å². The predicted molar refractivity (Wildman–Crippen MR) is 88.5 cm³/mol. The van der Waals surface area contributed by atoms with Crippen LogP contribution in [0.2, 0.25) is 0 Å². The minimum Gasteiger partial charge on any atom is -0.314 e. The molecule has 140 valence electrons. The van der Waals surface area contributed by atoms with E-state index in [-0.39, 0.29) is 10.8 Å². The number of nitrogens with one attached hydrogen (secondary N) is 1. The minimum atomic E-state index is -4.47. The Morgan fingerprint density at radius 1 is 1.16 bits per heavy atom. The number of nitrogens with zero attached hydrogens (tertiary/aromatic N) is 1. The second kappa shape index (κ2) is 6.89. The molecular formula is C17H23F3N2O2S. The monoisotopic (exact) mass is 376 g/mol. The van der Waals surface area contributed by atoms with Gasteiger partial charge < -0.3 is 5.32 Å². The summed E-state index contributed by atoms with van der Waals surface area (Å²) < 4.78 is 64.9. The van der Waals surface area contributed by atoms with Crippen LogP contribution in [0, 0.1) is 11.8 Å². The standard InChI is InChI=1S/C17H23F3N2O2S/c1-2-9-21-16-8-3-12-10-22(11-15(12)16)25(23,24)14-6-4-13(5-7-14)17(18,19)20/h4-7,12,15-16,21H,2-3,8-11H2,1H3/t12-,15+,16+/m1/s1. The van der Waals surface area contributed by atoms with E-state index in [0.717, 1.165) is 50.1 Å². The summed E-state index contributed by atoms with van der Waals surface area (Å²) in [6.45, 7) is 3.91. The van der Waals surface area contributed by atoms with Crippen molar-refractivity contribution >= 4 is 10.0 Å². The molecule has 2 fully saturated rings. The van der Waals surface area contributed by atoms with Crippen molar-refractivity contribution in [2.75, 3.05) is 19.6 Å². The van der Waals surface area contributed by atoms with Crippen LogP contribution >= 0.6 is 0 Å². The first-order valence-electron chi connectivity index (χ1n) is 8.64. The Bertz CT molecular complexity index is 704. The molecule has 2 aliphatic rings. The Hall–Kier alpha value is -1.12. The molecule has 1 N–H and O–H groups in total. The zero-order chi connectivity index (χ0) is 18.2. The number of alkyl halides is 3. The SMILES string of the molecule is CCCN[C@H]1CC[C@@H]2CN(S(=O)(=O)c3ccc(C(F)(F)F)cc3)C[C@@H]21. The van der Waals surface area contributed by atoms with Crippen LogP contribution < -0.4 is 5.32 Å². The van der Waals surface area contributed by atoms with Gasteiger partial charge >= 0.3 is 6.18 Å². The summed E-state index contributed by atoms with van der Waals surface area (Å²) in [6, 6.07) is 4.10. The molecule has 1 aromatic rings. The lowest BCUT2D eigenvalue weighted by Crippen LogP contribution is -2.37. The summed E-state index contributed by atoms with van der Waals surface area (Å²) in [6.07, 6.45) is -1.39. The summed E-state index contributed by atoms with van der Waals surface area (Å²) >= 11 is 0. The number of fused-ring (bicyclic) bond motifs is 1. The summed E-state index contributed by atoms with van der Waals surface area (Å²) in [7, 11) is -3.75. The Morgan fingerprint density at radius 3 is 2.44 bits per heavy atom. The van der Waals surface area contributed by atoms with Gasteiger partial charge in [-0.05, 0) is 61.9 Å². The zero-order valence-electron chi connectivity index (χ0n) is 14.1. The summed E-state index contributed by atoms with van der Waals surface area (Å²) in [5, 5.41) is 3.49. The predicted octanol–water partition coefficient (Wildman–Crippen LogP) is 3.10. The number of hydrogen-bond acceptors (Lipinski definition) is 3. The van der Waals surface area contributed by atoms with Gasteiger partial charge in [-0.2, -0.15) is 17.5 Å². The average molecular weight is 376 g/mol. The van der Waals surface area contributed by atoms with Crippen LogP contribution in [0.4, 0.5) is 13.2 Å². The molecule has 4 nitrogen and oxygen atoms in total. The third-order valence-electron chi connectivity index (χ3n) is 5.30. The molecule has 25 heavy (non-hydrogen) atoms. The highest BCUT2D eigenvalue weighted by molar-refractivity contribution is 7.89. The third kappa shape index (κ3) is 3.71. The molecule has 0 unspecified atom stereocenters. The molecule has 0 spiro atoms. The van der Waals surface area contributed by atoms with Crippen molar-refractivity contribution < 1.29 is 21.6 Å². The van der Waals surface area contributed by atoms with Gasteiger partial charge in [-0.25, -0.2) is 8.42 Å². The maximum Gasteiger partial charge on any atom is 0.416 e. The lowest BCUT2D eigenvalue weighted by Gasteiger charge is -2.21. The molecule has 1 aliphatic heterocycles. The van der Waals surface area contributed by atoms with Crippen LogP contribution in [0.5, 0.6) is 0 Å². The van der Waals surface area contributed by atoms with Gasteiger partial charge in [0.15, 0.2) is 0 Å². The average Bonchev–Trinajstić information content (AvgIpc) is 3.13. The topological polar surface area (TPSA) is 49.4 Å². The molecule has 0 bridgehead atoms. The number of sulfonamides is 1. The van der Waals surface area contributed by atoms with Crippen molar-refractivity contribution in [1.82, 2.24) is 9.62 Å². The van der Waals surface area contributed by atoms with Crippen LogP contribution in [0.3, 0.4) is 0 Å². The first-order valence-corrected chi connectivity index (χ1v) is 10.1. The highest BCUT2D eigenvalue weighted by atomic mass is 32.2. The second-order valence-corrected chi connectivity index (χ2v) is 8.84. The van der Waals surface area contributed by atoms with Crippen LogP contribution in [0.1, 0.15) is 31.7 Å². The van der Waals surface area contributed by atoms with Crippen LogP contribution in [-0.2, 0) is 16.2 Å². The lowest BCUT2D eigenvalue weighted by atomic mass is 9.98. The minimum absolute atomic E-state index is 0.0708. The van der Waals surface area contributed by atoms with E-state index in [1.165, 1.54) is 4.31 Å². The highest BCUT2D eigenvalue weighted by Gasteiger charge is 2.46. The Balaban J connectivity index is 1.73. The first kappa shape index (κ1) is 18.7. The number of benzene rings is 1. The maximum atomic E-state index is 12.8. The van der Waals surface area contributed by atoms with Gasteiger partial charge in [0.25, 0.3) is 0 Å². The molecule has 3 atom stereocenters. The van der Waals surface area contributed by atoms with Crippen molar-refractivity contribution in [3.8, 4) is 0 Å². The quantitative estimate of drug-likeness (QED) is 0.859.